The number of carbonyl (C=O) groups is 2. The number of rotatable bonds is 7. The number of nitrogens with one attached hydrogen (secondary N) is 1. The van der Waals surface area contributed by atoms with Gasteiger partial charge in [-0.15, -0.1) is 0 Å². The number of benzene rings is 1. The number of hydrogen-bond donors (Lipinski definition) is 4. The van der Waals surface area contributed by atoms with Crippen molar-refractivity contribution in [3.05, 3.63) is 53.6 Å². The molecule has 186 valence electrons. The maximum absolute atomic E-state index is 13.2. The highest BCUT2D eigenvalue weighted by atomic mass is 19.4. The molecule has 2 aromatic rings. The van der Waals surface area contributed by atoms with Crippen molar-refractivity contribution < 1.29 is 27.9 Å². The second kappa shape index (κ2) is 11.0. The lowest BCUT2D eigenvalue weighted by Crippen LogP contribution is -2.45. The number of amides is 1. The van der Waals surface area contributed by atoms with Gasteiger partial charge in [-0.1, -0.05) is 30.3 Å². The average molecular weight is 483 g/mol. The van der Waals surface area contributed by atoms with Crippen LogP contribution >= 0.6 is 0 Å². The van der Waals surface area contributed by atoms with E-state index in [0.29, 0.717) is 6.42 Å². The van der Waals surface area contributed by atoms with Gasteiger partial charge >= 0.3 is 12.1 Å². The monoisotopic (exact) mass is 482 g/mol. The molecule has 2 aliphatic rings. The number of aliphatic carboxylic acids is 1. The van der Waals surface area contributed by atoms with E-state index in [9.17, 15) is 18.0 Å². The Labute approximate surface area is 194 Å². The second-order valence-electron chi connectivity index (χ2n) is 8.28. The number of alkyl halides is 3. The molecule has 1 aromatic heterocycles. The summed E-state index contributed by atoms with van der Waals surface area (Å²) in [6.45, 7) is 1.59. The molecule has 2 atom stereocenters. The van der Waals surface area contributed by atoms with Crippen LogP contribution in [-0.4, -0.2) is 57.0 Å². The molecule has 1 fully saturated rings. The second-order valence-corrected chi connectivity index (χ2v) is 8.28. The smallest absolute Gasteiger partial charge is 0.475 e. The lowest BCUT2D eigenvalue weighted by Gasteiger charge is -2.35. The number of nitrogens with two attached hydrogens (primary N) is 2. The van der Waals surface area contributed by atoms with Crippen molar-refractivity contribution in [2.75, 3.05) is 13.1 Å². The van der Waals surface area contributed by atoms with Gasteiger partial charge in [0.2, 0.25) is 5.91 Å². The fraction of sp³-hybridized carbons (Fsp3) is 0.500. The number of carboxylic acid groups (broad SMARTS) is 1. The molecule has 3 heterocycles. The van der Waals surface area contributed by atoms with Crippen molar-refractivity contribution in [2.45, 2.75) is 56.7 Å². The van der Waals surface area contributed by atoms with Gasteiger partial charge in [-0.05, 0) is 37.8 Å². The molecule has 0 bridgehead atoms. The Hall–Kier alpha value is -2.96. The summed E-state index contributed by atoms with van der Waals surface area (Å²) in [5.74, 6) is -1.48. The Morgan fingerprint density at radius 1 is 1.26 bits per heavy atom. The average Bonchev–Trinajstić information content (AvgIpc) is 3.42. The molecular weight excluding hydrogens is 453 g/mol. The molecule has 1 amide bonds. The van der Waals surface area contributed by atoms with E-state index in [-0.39, 0.29) is 18.0 Å². The zero-order valence-corrected chi connectivity index (χ0v) is 18.5. The minimum absolute atomic E-state index is 0.133. The molecule has 4 rings (SSSR count). The molecule has 1 saturated heterocycles. The van der Waals surface area contributed by atoms with Crippen molar-refractivity contribution in [3.8, 4) is 0 Å². The number of nitrogens with zero attached hydrogens (tertiary/aromatic N) is 3. The van der Waals surface area contributed by atoms with Crippen LogP contribution in [0, 0.1) is 0 Å². The van der Waals surface area contributed by atoms with E-state index in [4.69, 9.17) is 26.4 Å². The van der Waals surface area contributed by atoms with Gasteiger partial charge < -0.3 is 26.0 Å². The van der Waals surface area contributed by atoms with Crippen LogP contribution in [0.4, 0.5) is 13.2 Å². The summed E-state index contributed by atoms with van der Waals surface area (Å²) in [4.78, 5) is 29.0. The van der Waals surface area contributed by atoms with Crippen LogP contribution in [0.1, 0.15) is 48.4 Å². The number of imidazole rings is 1. The van der Waals surface area contributed by atoms with Crippen molar-refractivity contribution in [1.29, 1.82) is 0 Å². The SMILES string of the molecule is NC(N)NCCCc1cn2c(n1)C1CCCN1C(=O)C2Cc1ccccc1.O=C(O)C(F)(F)F. The lowest BCUT2D eigenvalue weighted by molar-refractivity contribution is -0.192. The standard InChI is InChI=1S/C20H28N6O.C2HF3O2/c21-20(22)23-10-4-8-15-13-26-17(12-14-6-2-1-3-7-14)19(27)25-11-5-9-16(25)18(26)24-15;3-2(4,5)1(6)7/h1-3,6-7,13,16-17,20,23H,4-5,8-12,21-22H2;(H,6,7). The maximum Gasteiger partial charge on any atom is 0.490 e. The van der Waals surface area contributed by atoms with Crippen molar-refractivity contribution in [1.82, 2.24) is 19.8 Å². The highest BCUT2D eigenvalue weighted by Crippen LogP contribution is 2.39. The Kier molecular flexibility index (Phi) is 8.28. The van der Waals surface area contributed by atoms with E-state index in [0.717, 1.165) is 50.3 Å². The van der Waals surface area contributed by atoms with Crippen LogP contribution in [0.2, 0.25) is 0 Å². The molecular formula is C22H29F3N6O3. The number of carbonyl (C=O) groups excluding carboxylic acids is 1. The Morgan fingerprint density at radius 2 is 1.94 bits per heavy atom. The predicted molar refractivity (Wildman–Crippen MR) is 117 cm³/mol. The van der Waals surface area contributed by atoms with Gasteiger partial charge in [0.1, 0.15) is 18.2 Å². The molecule has 0 saturated carbocycles. The number of halogens is 3. The summed E-state index contributed by atoms with van der Waals surface area (Å²) in [5, 5.41) is 10.1. The summed E-state index contributed by atoms with van der Waals surface area (Å²) in [7, 11) is 0. The van der Waals surface area contributed by atoms with Crippen LogP contribution in [-0.2, 0) is 22.4 Å². The van der Waals surface area contributed by atoms with Crippen molar-refractivity contribution >= 4 is 11.9 Å². The molecule has 0 spiro atoms. The fourth-order valence-corrected chi connectivity index (χ4v) is 4.25. The molecule has 1 aromatic carbocycles. The normalized spacial score (nSPS) is 19.5. The minimum Gasteiger partial charge on any atom is -0.475 e. The van der Waals surface area contributed by atoms with Crippen LogP contribution in [0.25, 0.3) is 0 Å². The highest BCUT2D eigenvalue weighted by molar-refractivity contribution is 5.82. The Balaban J connectivity index is 0.000000406. The third-order valence-corrected chi connectivity index (χ3v) is 5.77. The Bertz CT molecular complexity index is 980. The van der Waals surface area contributed by atoms with E-state index in [1.165, 1.54) is 5.56 Å². The third-order valence-electron chi connectivity index (χ3n) is 5.77. The molecule has 6 N–H and O–H groups in total. The van der Waals surface area contributed by atoms with E-state index in [2.05, 4.69) is 28.2 Å². The van der Waals surface area contributed by atoms with Gasteiger partial charge in [0.15, 0.2) is 0 Å². The van der Waals surface area contributed by atoms with Crippen LogP contribution in [0.3, 0.4) is 0 Å². The number of aryl methyl sites for hydroxylation is 1. The molecule has 12 heteroatoms. The first kappa shape index (κ1) is 25.7. The van der Waals surface area contributed by atoms with Crippen molar-refractivity contribution in [2.24, 2.45) is 11.5 Å². The zero-order chi connectivity index (χ0) is 24.9. The first-order valence-corrected chi connectivity index (χ1v) is 11.0. The summed E-state index contributed by atoms with van der Waals surface area (Å²) in [5.41, 5.74) is 13.3. The molecule has 9 nitrogen and oxygen atoms in total. The molecule has 2 aliphatic heterocycles. The van der Waals surface area contributed by atoms with E-state index >= 15 is 0 Å². The van der Waals surface area contributed by atoms with Crippen molar-refractivity contribution in [3.63, 3.8) is 0 Å². The minimum atomic E-state index is -5.08. The number of carboxylic acids is 1. The van der Waals surface area contributed by atoms with Gasteiger partial charge in [0.25, 0.3) is 0 Å². The van der Waals surface area contributed by atoms with Gasteiger partial charge in [-0.25, -0.2) is 9.78 Å². The largest absolute Gasteiger partial charge is 0.490 e. The topological polar surface area (TPSA) is 139 Å². The molecule has 0 radical (unpaired) electrons. The lowest BCUT2D eigenvalue weighted by atomic mass is 10.0. The quantitative estimate of drug-likeness (QED) is 0.348. The van der Waals surface area contributed by atoms with Gasteiger partial charge in [-0.2, -0.15) is 13.2 Å². The van der Waals surface area contributed by atoms with Crippen LogP contribution < -0.4 is 16.8 Å². The van der Waals surface area contributed by atoms with Gasteiger partial charge in [0, 0.05) is 19.2 Å². The molecule has 2 unspecified atom stereocenters. The first-order valence-electron chi connectivity index (χ1n) is 11.0. The molecule has 34 heavy (non-hydrogen) atoms. The zero-order valence-electron chi connectivity index (χ0n) is 18.5. The number of aromatic nitrogens is 2. The highest BCUT2D eigenvalue weighted by Gasteiger charge is 2.43. The van der Waals surface area contributed by atoms with Gasteiger partial charge in [0.05, 0.1) is 11.7 Å². The molecule has 0 aliphatic carbocycles. The first-order chi connectivity index (χ1) is 16.1. The fourth-order valence-electron chi connectivity index (χ4n) is 4.25. The summed E-state index contributed by atoms with van der Waals surface area (Å²) in [6, 6.07) is 10.2. The predicted octanol–water partition coefficient (Wildman–Crippen LogP) is 1.70. The Morgan fingerprint density at radius 3 is 2.56 bits per heavy atom. The number of hydrogen-bond acceptors (Lipinski definition) is 6. The summed E-state index contributed by atoms with van der Waals surface area (Å²) >= 11 is 0. The van der Waals surface area contributed by atoms with Gasteiger partial charge in [-0.3, -0.25) is 10.1 Å². The van der Waals surface area contributed by atoms with Crippen LogP contribution in [0.5, 0.6) is 0 Å². The van der Waals surface area contributed by atoms with E-state index in [1.54, 1.807) is 0 Å². The maximum atomic E-state index is 13.2. The number of fused-ring (bicyclic) bond motifs is 3. The van der Waals surface area contributed by atoms with Crippen LogP contribution in [0.15, 0.2) is 36.5 Å². The van der Waals surface area contributed by atoms with E-state index in [1.807, 2.05) is 23.1 Å². The summed E-state index contributed by atoms with van der Waals surface area (Å²) < 4.78 is 33.9. The van der Waals surface area contributed by atoms with E-state index < -0.39 is 18.4 Å². The summed E-state index contributed by atoms with van der Waals surface area (Å²) in [6.07, 6.45) is 1.03. The third kappa shape index (κ3) is 6.33.